The van der Waals surface area contributed by atoms with Crippen LogP contribution in [0.3, 0.4) is 0 Å². The van der Waals surface area contributed by atoms with Crippen LogP contribution in [-0.2, 0) is 11.2 Å². The Morgan fingerprint density at radius 1 is 1.37 bits per heavy atom. The van der Waals surface area contributed by atoms with Crippen LogP contribution in [0.1, 0.15) is 19.7 Å². The first-order chi connectivity index (χ1) is 9.04. The van der Waals surface area contributed by atoms with Crippen LogP contribution >= 0.6 is 0 Å². The van der Waals surface area contributed by atoms with E-state index >= 15 is 0 Å². The molecule has 19 heavy (non-hydrogen) atoms. The summed E-state index contributed by atoms with van der Waals surface area (Å²) in [6.45, 7) is 3.95. The number of nitrogens with one attached hydrogen (secondary N) is 1. The summed E-state index contributed by atoms with van der Waals surface area (Å²) in [7, 11) is 0. The van der Waals surface area contributed by atoms with E-state index in [0.29, 0.717) is 5.82 Å². The van der Waals surface area contributed by atoms with E-state index in [-0.39, 0.29) is 12.5 Å². The molecule has 0 atom stereocenters. The number of aromatic amines is 1. The fraction of sp³-hybridized carbons (Fsp3) is 0.286. The van der Waals surface area contributed by atoms with E-state index in [1.807, 2.05) is 38.1 Å². The molecular formula is C14H16N2O3. The highest BCUT2D eigenvalue weighted by atomic mass is 16.5. The van der Waals surface area contributed by atoms with Gasteiger partial charge in [0.2, 0.25) is 0 Å². The van der Waals surface area contributed by atoms with Crippen molar-refractivity contribution < 1.29 is 14.6 Å². The van der Waals surface area contributed by atoms with Gasteiger partial charge in [0.05, 0.1) is 18.0 Å². The van der Waals surface area contributed by atoms with Gasteiger partial charge in [0.25, 0.3) is 0 Å². The zero-order valence-electron chi connectivity index (χ0n) is 10.9. The maximum atomic E-state index is 10.6. The van der Waals surface area contributed by atoms with Gasteiger partial charge in [-0.3, -0.25) is 4.79 Å². The summed E-state index contributed by atoms with van der Waals surface area (Å²) in [6, 6.07) is 7.59. The number of hydrogen-bond acceptors (Lipinski definition) is 3. The third kappa shape index (κ3) is 3.58. The SMILES string of the molecule is CC(C)Oc1ccc(-c2cnc(CC(=O)O)[nH]2)cc1. The summed E-state index contributed by atoms with van der Waals surface area (Å²) in [5, 5.41) is 8.69. The quantitative estimate of drug-likeness (QED) is 0.866. The van der Waals surface area contributed by atoms with Crippen LogP contribution in [-0.4, -0.2) is 27.1 Å². The Hall–Kier alpha value is -2.30. The van der Waals surface area contributed by atoms with Crippen LogP contribution in [0, 0.1) is 0 Å². The number of carbonyl (C=O) groups is 1. The normalized spacial score (nSPS) is 10.7. The van der Waals surface area contributed by atoms with Gasteiger partial charge >= 0.3 is 5.97 Å². The van der Waals surface area contributed by atoms with Crippen molar-refractivity contribution in [3.63, 3.8) is 0 Å². The molecule has 5 heteroatoms. The zero-order valence-corrected chi connectivity index (χ0v) is 10.9. The van der Waals surface area contributed by atoms with Crippen molar-refractivity contribution in [3.05, 3.63) is 36.3 Å². The Morgan fingerprint density at radius 3 is 2.63 bits per heavy atom. The third-order valence-corrected chi connectivity index (χ3v) is 2.48. The minimum Gasteiger partial charge on any atom is -0.491 e. The highest BCUT2D eigenvalue weighted by Crippen LogP contribution is 2.21. The van der Waals surface area contributed by atoms with Gasteiger partial charge in [-0.1, -0.05) is 0 Å². The van der Waals surface area contributed by atoms with Crippen molar-refractivity contribution in [2.45, 2.75) is 26.4 Å². The molecule has 0 aliphatic heterocycles. The zero-order chi connectivity index (χ0) is 13.8. The molecule has 5 nitrogen and oxygen atoms in total. The molecule has 0 aliphatic carbocycles. The molecule has 0 radical (unpaired) electrons. The minimum atomic E-state index is -0.901. The van der Waals surface area contributed by atoms with Crippen molar-refractivity contribution in [2.24, 2.45) is 0 Å². The molecule has 1 aromatic heterocycles. The van der Waals surface area contributed by atoms with Crippen molar-refractivity contribution >= 4 is 5.97 Å². The van der Waals surface area contributed by atoms with Crippen LogP contribution < -0.4 is 4.74 Å². The van der Waals surface area contributed by atoms with Gasteiger partial charge in [-0.25, -0.2) is 4.98 Å². The average Bonchev–Trinajstić information content (AvgIpc) is 2.76. The van der Waals surface area contributed by atoms with Gasteiger partial charge in [-0.15, -0.1) is 0 Å². The molecule has 100 valence electrons. The van der Waals surface area contributed by atoms with E-state index in [4.69, 9.17) is 9.84 Å². The van der Waals surface area contributed by atoms with Gasteiger partial charge in [0.1, 0.15) is 18.0 Å². The van der Waals surface area contributed by atoms with E-state index in [2.05, 4.69) is 9.97 Å². The summed E-state index contributed by atoms with van der Waals surface area (Å²) < 4.78 is 5.56. The second kappa shape index (κ2) is 5.56. The fourth-order valence-corrected chi connectivity index (χ4v) is 1.73. The van der Waals surface area contributed by atoms with E-state index < -0.39 is 5.97 Å². The third-order valence-electron chi connectivity index (χ3n) is 2.48. The minimum absolute atomic E-state index is 0.103. The van der Waals surface area contributed by atoms with E-state index in [1.54, 1.807) is 6.20 Å². The lowest BCUT2D eigenvalue weighted by molar-refractivity contribution is -0.136. The first-order valence-corrected chi connectivity index (χ1v) is 6.07. The standard InChI is InChI=1S/C14H16N2O3/c1-9(2)19-11-5-3-10(4-6-11)12-8-15-13(16-12)7-14(17)18/h3-6,8-9H,7H2,1-2H3,(H,15,16)(H,17,18). The molecule has 1 aromatic carbocycles. The lowest BCUT2D eigenvalue weighted by Crippen LogP contribution is -2.05. The molecule has 0 unspecified atom stereocenters. The van der Waals surface area contributed by atoms with Gasteiger partial charge in [0.15, 0.2) is 0 Å². The molecular weight excluding hydrogens is 244 g/mol. The number of ether oxygens (including phenoxy) is 1. The second-order valence-electron chi connectivity index (χ2n) is 4.51. The molecule has 0 amide bonds. The lowest BCUT2D eigenvalue weighted by Gasteiger charge is -2.09. The molecule has 0 aliphatic rings. The molecule has 1 heterocycles. The summed E-state index contributed by atoms with van der Waals surface area (Å²) in [6.07, 6.45) is 1.67. The maximum Gasteiger partial charge on any atom is 0.311 e. The number of aromatic nitrogens is 2. The number of benzene rings is 1. The van der Waals surface area contributed by atoms with Crippen LogP contribution in [0.25, 0.3) is 11.3 Å². The van der Waals surface area contributed by atoms with Crippen molar-refractivity contribution in [2.75, 3.05) is 0 Å². The van der Waals surface area contributed by atoms with E-state index in [1.165, 1.54) is 0 Å². The Balaban J connectivity index is 2.13. The lowest BCUT2D eigenvalue weighted by atomic mass is 10.1. The monoisotopic (exact) mass is 260 g/mol. The Kier molecular flexibility index (Phi) is 3.85. The highest BCUT2D eigenvalue weighted by molar-refractivity contribution is 5.69. The summed E-state index contributed by atoms with van der Waals surface area (Å²) in [5.41, 5.74) is 1.74. The first-order valence-electron chi connectivity index (χ1n) is 6.07. The molecule has 0 saturated carbocycles. The molecule has 0 bridgehead atoms. The highest BCUT2D eigenvalue weighted by Gasteiger charge is 2.07. The molecule has 2 rings (SSSR count). The van der Waals surface area contributed by atoms with Crippen LogP contribution in [0.4, 0.5) is 0 Å². The largest absolute Gasteiger partial charge is 0.491 e. The van der Waals surface area contributed by atoms with E-state index in [0.717, 1.165) is 17.0 Å². The van der Waals surface area contributed by atoms with Crippen molar-refractivity contribution in [1.29, 1.82) is 0 Å². The number of H-pyrrole nitrogens is 1. The number of aliphatic carboxylic acids is 1. The Bertz CT molecular complexity index is 558. The second-order valence-corrected chi connectivity index (χ2v) is 4.51. The van der Waals surface area contributed by atoms with Crippen LogP contribution in [0.2, 0.25) is 0 Å². The Labute approximate surface area is 111 Å². The van der Waals surface area contributed by atoms with Gasteiger partial charge in [0, 0.05) is 0 Å². The van der Waals surface area contributed by atoms with Gasteiger partial charge in [-0.05, 0) is 43.7 Å². The van der Waals surface area contributed by atoms with Crippen molar-refractivity contribution in [1.82, 2.24) is 9.97 Å². The topological polar surface area (TPSA) is 75.2 Å². The van der Waals surface area contributed by atoms with Crippen LogP contribution in [0.15, 0.2) is 30.5 Å². The number of hydrogen-bond donors (Lipinski definition) is 2. The number of carboxylic acid groups (broad SMARTS) is 1. The molecule has 2 N–H and O–H groups in total. The molecule has 0 fully saturated rings. The first kappa shape index (κ1) is 13.1. The van der Waals surface area contributed by atoms with Crippen LogP contribution in [0.5, 0.6) is 5.75 Å². The number of rotatable bonds is 5. The Morgan fingerprint density at radius 2 is 2.05 bits per heavy atom. The summed E-state index contributed by atoms with van der Waals surface area (Å²) >= 11 is 0. The summed E-state index contributed by atoms with van der Waals surface area (Å²) in [5.74, 6) is 0.357. The predicted octanol–water partition coefficient (Wildman–Crippen LogP) is 2.49. The maximum absolute atomic E-state index is 10.6. The predicted molar refractivity (Wildman–Crippen MR) is 71.1 cm³/mol. The number of imidazole rings is 1. The molecule has 0 spiro atoms. The number of carboxylic acids is 1. The summed E-state index contributed by atoms with van der Waals surface area (Å²) in [4.78, 5) is 17.6. The fourth-order valence-electron chi connectivity index (χ4n) is 1.73. The molecule has 0 saturated heterocycles. The van der Waals surface area contributed by atoms with Crippen molar-refractivity contribution in [3.8, 4) is 17.0 Å². The molecule has 2 aromatic rings. The average molecular weight is 260 g/mol. The van der Waals surface area contributed by atoms with Gasteiger partial charge < -0.3 is 14.8 Å². The van der Waals surface area contributed by atoms with Gasteiger partial charge in [-0.2, -0.15) is 0 Å². The van der Waals surface area contributed by atoms with E-state index in [9.17, 15) is 4.79 Å². The number of nitrogens with zero attached hydrogens (tertiary/aromatic N) is 1. The smallest absolute Gasteiger partial charge is 0.311 e.